The summed E-state index contributed by atoms with van der Waals surface area (Å²) in [6, 6.07) is 8.64. The van der Waals surface area contributed by atoms with Crippen LogP contribution in [0.25, 0.3) is 33.5 Å². The zero-order chi connectivity index (χ0) is 33.5. The molecule has 6 heterocycles. The van der Waals surface area contributed by atoms with Gasteiger partial charge in [-0.3, -0.25) is 14.8 Å². The largest absolute Gasteiger partial charge is 0.505 e. The molecule has 2 aliphatic rings. The number of amides is 1. The Morgan fingerprint density at radius 3 is 2.69 bits per heavy atom. The Hall–Kier alpha value is -5.63. The van der Waals surface area contributed by atoms with E-state index in [1.54, 1.807) is 23.5 Å². The molecule has 14 heteroatoms. The number of piperazine rings is 1. The number of aromatic nitrogens is 8. The van der Waals surface area contributed by atoms with Crippen LogP contribution in [0, 0.1) is 5.82 Å². The number of aryl methyl sites for hydroxylation is 1. The topological polar surface area (TPSA) is 148 Å². The number of anilines is 1. The van der Waals surface area contributed by atoms with Crippen molar-refractivity contribution in [3.8, 4) is 28.4 Å². The molecule has 0 radical (unpaired) electrons. The lowest BCUT2D eigenvalue weighted by Gasteiger charge is -2.35. The highest BCUT2D eigenvalue weighted by Crippen LogP contribution is 2.34. The number of hydrogen-bond acceptors (Lipinski definition) is 9. The van der Waals surface area contributed by atoms with Gasteiger partial charge in [-0.2, -0.15) is 5.10 Å². The van der Waals surface area contributed by atoms with Crippen molar-refractivity contribution in [2.24, 2.45) is 0 Å². The van der Waals surface area contributed by atoms with E-state index in [-0.39, 0.29) is 11.7 Å². The van der Waals surface area contributed by atoms with Gasteiger partial charge < -0.3 is 24.5 Å². The minimum atomic E-state index is -0.654. The first-order chi connectivity index (χ1) is 23.9. The Morgan fingerprint density at radius 2 is 1.92 bits per heavy atom. The Balaban J connectivity index is 0.919. The van der Waals surface area contributed by atoms with Crippen molar-refractivity contribution in [2.75, 3.05) is 44.2 Å². The fourth-order valence-electron chi connectivity index (χ4n) is 6.75. The van der Waals surface area contributed by atoms with Crippen molar-refractivity contribution in [2.45, 2.75) is 32.9 Å². The maximum Gasteiger partial charge on any atom is 0.274 e. The summed E-state index contributed by atoms with van der Waals surface area (Å²) in [4.78, 5) is 41.3. The van der Waals surface area contributed by atoms with Gasteiger partial charge in [-0.25, -0.2) is 24.3 Å². The van der Waals surface area contributed by atoms with Crippen molar-refractivity contribution in [3.05, 3.63) is 89.9 Å². The van der Waals surface area contributed by atoms with Crippen LogP contribution >= 0.6 is 0 Å². The van der Waals surface area contributed by atoms with Gasteiger partial charge in [0.25, 0.3) is 5.91 Å². The number of phenolic OH excluding ortho intramolecular Hbond substituents is 1. The van der Waals surface area contributed by atoms with E-state index in [2.05, 4.69) is 44.5 Å². The maximum absolute atomic E-state index is 14.2. The molecule has 0 atom stereocenters. The summed E-state index contributed by atoms with van der Waals surface area (Å²) < 4.78 is 16.3. The highest BCUT2D eigenvalue weighted by atomic mass is 19.1. The first-order valence-corrected chi connectivity index (χ1v) is 16.6. The first-order valence-electron chi connectivity index (χ1n) is 16.6. The smallest absolute Gasteiger partial charge is 0.274 e. The number of benzene rings is 2. The molecule has 0 saturated carbocycles. The molecule has 0 unspecified atom stereocenters. The molecule has 3 N–H and O–H groups in total. The number of rotatable bonds is 8. The number of carbonyl (C=O) groups is 1. The number of H-pyrrole nitrogens is 2. The highest BCUT2D eigenvalue weighted by Gasteiger charge is 2.27. The molecule has 1 saturated heterocycles. The second kappa shape index (κ2) is 12.8. The highest BCUT2D eigenvalue weighted by molar-refractivity contribution is 5.94. The maximum atomic E-state index is 14.2. The summed E-state index contributed by atoms with van der Waals surface area (Å²) in [6.45, 7) is 8.35. The van der Waals surface area contributed by atoms with Crippen molar-refractivity contribution >= 4 is 22.6 Å². The number of aromatic hydroxyl groups is 1. The number of nitrogens with one attached hydrogen (secondary N) is 2. The molecule has 4 aromatic heterocycles. The van der Waals surface area contributed by atoms with Crippen molar-refractivity contribution in [1.82, 2.24) is 49.5 Å². The van der Waals surface area contributed by atoms with Gasteiger partial charge in [0, 0.05) is 70.0 Å². The fraction of sp³-hybridized carbons (Fsp3) is 0.314. The molecule has 1 amide bonds. The van der Waals surface area contributed by atoms with Gasteiger partial charge in [-0.05, 0) is 47.4 Å². The molecular formula is C35H36FN11O2. The number of carbonyl (C=O) groups excluding carboxylic acids is 1. The summed E-state index contributed by atoms with van der Waals surface area (Å²) in [7, 11) is 0. The second-order valence-corrected chi connectivity index (χ2v) is 12.5. The molecule has 0 aliphatic carbocycles. The van der Waals surface area contributed by atoms with Gasteiger partial charge in [-0.1, -0.05) is 13.0 Å². The SMILES string of the molecule is CCc1cc(O)c(F)cc1-c1ccc2c(-c3nc4c([nH]3)CN(C(=O)c3cnc(N5CCN(CCn6ccnc6)CC5)cn3)CC4)n[nH]c2c1. The van der Waals surface area contributed by atoms with Crippen molar-refractivity contribution < 1.29 is 14.3 Å². The average molecular weight is 662 g/mol. The van der Waals surface area contributed by atoms with Gasteiger partial charge in [0.05, 0.1) is 42.2 Å². The molecule has 0 bridgehead atoms. The number of fused-ring (bicyclic) bond motifs is 2. The lowest BCUT2D eigenvalue weighted by Crippen LogP contribution is -2.47. The van der Waals surface area contributed by atoms with Crippen LogP contribution in [0.1, 0.15) is 34.4 Å². The first kappa shape index (κ1) is 30.7. The monoisotopic (exact) mass is 661 g/mol. The average Bonchev–Trinajstić information content (AvgIpc) is 3.91. The lowest BCUT2D eigenvalue weighted by atomic mass is 9.96. The van der Waals surface area contributed by atoms with Crippen LogP contribution < -0.4 is 4.90 Å². The summed E-state index contributed by atoms with van der Waals surface area (Å²) in [6.07, 6.45) is 10.2. The van der Waals surface area contributed by atoms with E-state index in [9.17, 15) is 14.3 Å². The van der Waals surface area contributed by atoms with E-state index in [4.69, 9.17) is 4.98 Å². The molecule has 49 heavy (non-hydrogen) atoms. The zero-order valence-corrected chi connectivity index (χ0v) is 27.1. The van der Waals surface area contributed by atoms with Gasteiger partial charge in [0.2, 0.25) is 0 Å². The van der Waals surface area contributed by atoms with Gasteiger partial charge in [-0.15, -0.1) is 0 Å². The van der Waals surface area contributed by atoms with Gasteiger partial charge >= 0.3 is 0 Å². The third kappa shape index (κ3) is 5.99. The number of phenols is 1. The summed E-state index contributed by atoms with van der Waals surface area (Å²) in [5, 5.41) is 18.3. The van der Waals surface area contributed by atoms with Crippen molar-refractivity contribution in [1.29, 1.82) is 0 Å². The van der Waals surface area contributed by atoms with Crippen LogP contribution in [0.3, 0.4) is 0 Å². The molecule has 250 valence electrons. The van der Waals surface area contributed by atoms with E-state index in [1.807, 2.05) is 37.6 Å². The second-order valence-electron chi connectivity index (χ2n) is 12.5. The summed E-state index contributed by atoms with van der Waals surface area (Å²) in [5.41, 5.74) is 5.94. The van der Waals surface area contributed by atoms with Crippen LogP contribution in [-0.4, -0.2) is 99.8 Å². The van der Waals surface area contributed by atoms with Crippen LogP contribution in [0.2, 0.25) is 0 Å². The van der Waals surface area contributed by atoms with Gasteiger partial charge in [0.1, 0.15) is 17.2 Å². The number of hydrogen-bond donors (Lipinski definition) is 3. The predicted molar refractivity (Wildman–Crippen MR) is 181 cm³/mol. The normalized spacial score (nSPS) is 15.2. The number of halogens is 1. The molecule has 0 spiro atoms. The van der Waals surface area contributed by atoms with Crippen molar-refractivity contribution in [3.63, 3.8) is 0 Å². The molecule has 2 aliphatic heterocycles. The number of nitrogens with zero attached hydrogens (tertiary/aromatic N) is 9. The molecule has 6 aromatic rings. The molecule has 8 rings (SSSR count). The fourth-order valence-corrected chi connectivity index (χ4v) is 6.75. The Kier molecular flexibility index (Phi) is 7.99. The summed E-state index contributed by atoms with van der Waals surface area (Å²) in [5.74, 6) is 0.230. The predicted octanol–water partition coefficient (Wildman–Crippen LogP) is 4.03. The Morgan fingerprint density at radius 1 is 1.04 bits per heavy atom. The number of imidazole rings is 2. The third-order valence-electron chi connectivity index (χ3n) is 9.56. The van der Waals surface area contributed by atoms with E-state index < -0.39 is 5.82 Å². The Labute approximate surface area is 281 Å². The molecule has 1 fully saturated rings. The van der Waals surface area contributed by atoms with Crippen LogP contribution in [-0.2, 0) is 25.9 Å². The van der Waals surface area contributed by atoms with E-state index in [0.717, 1.165) is 84.1 Å². The minimum absolute atomic E-state index is 0.167. The molecule has 13 nitrogen and oxygen atoms in total. The standard InChI is InChI=1S/C35H36FN11O2/c1-2-22-16-31(48)26(36)17-25(22)23-3-4-24-28(15-23)42-43-33(24)34-40-27-5-7-47(20-30(27)41-34)35(49)29-18-39-32(19-38-29)46-13-11-44(12-14-46)9-10-45-8-6-37-21-45/h3-4,6,8,15-19,21,48H,2,5,7,9-14,20H2,1H3,(H,40,41)(H,42,43). The number of aromatic amines is 2. The zero-order valence-electron chi connectivity index (χ0n) is 27.1. The minimum Gasteiger partial charge on any atom is -0.505 e. The summed E-state index contributed by atoms with van der Waals surface area (Å²) >= 11 is 0. The Bertz CT molecular complexity index is 2120. The lowest BCUT2D eigenvalue weighted by molar-refractivity contribution is 0.0725. The van der Waals surface area contributed by atoms with Crippen LogP contribution in [0.4, 0.5) is 10.2 Å². The molecule has 2 aromatic carbocycles. The van der Waals surface area contributed by atoms with Gasteiger partial charge in [0.15, 0.2) is 17.4 Å². The van der Waals surface area contributed by atoms with E-state index >= 15 is 0 Å². The molecular weight excluding hydrogens is 625 g/mol. The van der Waals surface area contributed by atoms with E-state index in [1.165, 1.54) is 12.1 Å². The quantitative estimate of drug-likeness (QED) is 0.220. The third-order valence-corrected chi connectivity index (χ3v) is 9.56. The van der Waals surface area contributed by atoms with E-state index in [0.29, 0.717) is 43.1 Å². The van der Waals surface area contributed by atoms with Crippen LogP contribution in [0.15, 0.2) is 61.4 Å². The van der Waals surface area contributed by atoms with Crippen LogP contribution in [0.5, 0.6) is 5.75 Å².